The first kappa shape index (κ1) is 70.4. The van der Waals surface area contributed by atoms with Gasteiger partial charge in [0.25, 0.3) is 0 Å². The van der Waals surface area contributed by atoms with Crippen molar-refractivity contribution < 1.29 is 18.3 Å². The number of hydrogen-bond acceptors (Lipinski definition) is 2. The molecule has 0 saturated carbocycles. The summed E-state index contributed by atoms with van der Waals surface area (Å²) < 4.78 is 17.9. The molecule has 0 spiro atoms. The molecular formula is C108H80N10+4. The molecule has 0 fully saturated rings. The van der Waals surface area contributed by atoms with Crippen molar-refractivity contribution in [3.63, 3.8) is 0 Å². The topological polar surface area (TPSA) is 61.0 Å². The number of benzene rings is 16. The van der Waals surface area contributed by atoms with Gasteiger partial charge in [0.15, 0.2) is 50.0 Å². The van der Waals surface area contributed by atoms with E-state index >= 15 is 0 Å². The summed E-state index contributed by atoms with van der Waals surface area (Å²) in [7, 11) is 8.44. The Balaban J connectivity index is 0.770. The van der Waals surface area contributed by atoms with Gasteiger partial charge in [0.05, 0.1) is 28.2 Å². The number of rotatable bonds is 16. The summed E-state index contributed by atoms with van der Waals surface area (Å²) in [4.78, 5) is 9.50. The Morgan fingerprint density at radius 2 is 0.398 bits per heavy atom. The Kier molecular flexibility index (Phi) is 17.6. The molecule has 0 aliphatic carbocycles. The zero-order valence-electron chi connectivity index (χ0n) is 65.7. The molecule has 118 heavy (non-hydrogen) atoms. The minimum Gasteiger partial charge on any atom is -0.237 e. The van der Waals surface area contributed by atoms with Crippen LogP contribution in [0.2, 0.25) is 0 Å². The van der Waals surface area contributed by atoms with Crippen LogP contribution in [-0.4, -0.2) is 28.2 Å². The minimum absolute atomic E-state index is 0.666. The van der Waals surface area contributed by atoms with Crippen LogP contribution in [0.1, 0.15) is 0 Å². The zero-order valence-corrected chi connectivity index (χ0v) is 65.7. The monoisotopic (exact) mass is 1520 g/mol. The molecular weight excluding hydrogens is 1440 g/mol. The Labute approximate surface area is 684 Å². The van der Waals surface area contributed by atoms with Gasteiger partial charge in [0.2, 0.25) is 25.3 Å². The molecule has 10 nitrogen and oxygen atoms in total. The highest BCUT2D eigenvalue weighted by atomic mass is 15.1. The number of imidazole rings is 4. The third kappa shape index (κ3) is 12.6. The van der Waals surface area contributed by atoms with Crippen molar-refractivity contribution in [1.29, 1.82) is 0 Å². The molecule has 21 rings (SSSR count). The molecule has 16 aromatic carbocycles. The fraction of sp³-hybridized carbons (Fsp3) is 0.0370. The van der Waals surface area contributed by atoms with E-state index in [2.05, 4.69) is 460 Å². The molecule has 0 atom stereocenters. The minimum atomic E-state index is 0.666. The van der Waals surface area contributed by atoms with Gasteiger partial charge in [-0.3, -0.25) is 0 Å². The summed E-state index contributed by atoms with van der Waals surface area (Å²) in [5.74, 6) is 0.666. The molecule has 5 aromatic heterocycles. The van der Waals surface area contributed by atoms with Crippen LogP contribution >= 0.6 is 0 Å². The van der Waals surface area contributed by atoms with Gasteiger partial charge in [-0.15, -0.1) is 0 Å². The standard InChI is InChI=1S/C108H80N10/c1-111-69-115(103-37-17-13-33-99(103)111)85-53-45-73(46-54-85)89-23-5-9-27-93(89)79-63-80(94-28-10-6-24-90(94)74-47-55-86(56-48-74)116-70-112(2)100-34-14-18-38-104(100)116)66-83(65-79)97-31-21-32-98(107(97)77-41-43-78(44-42-77)108-109-61-22-62-110-108)84-67-81(95-29-11-7-25-91(95)75-49-57-87(58-50-75)117-71-113(3)101-35-15-19-39-105(101)117)64-82(68-84)96-30-12-8-26-92(96)76-51-59-88(60-52-76)118-72-114(4)102-36-16-20-40-106(102)118/h5-72H,1-4H3/q+4. The van der Waals surface area contributed by atoms with E-state index in [0.29, 0.717) is 5.82 Å². The smallest absolute Gasteiger partial charge is 0.237 e. The van der Waals surface area contributed by atoms with Crippen molar-refractivity contribution >= 4 is 44.1 Å². The normalized spacial score (nSPS) is 11.6. The van der Waals surface area contributed by atoms with Crippen molar-refractivity contribution in [2.24, 2.45) is 28.2 Å². The molecule has 10 heteroatoms. The highest BCUT2D eigenvalue weighted by Gasteiger charge is 2.26. The summed E-state index contributed by atoms with van der Waals surface area (Å²) in [6, 6.07) is 138. The summed E-state index contributed by atoms with van der Waals surface area (Å²) in [5, 5.41) is 0. The van der Waals surface area contributed by atoms with E-state index in [9.17, 15) is 0 Å². The number of hydrogen-bond donors (Lipinski definition) is 0. The average Bonchev–Trinajstić information content (AvgIpc) is 1.11. The maximum absolute atomic E-state index is 4.75. The summed E-state index contributed by atoms with van der Waals surface area (Å²) in [6.07, 6.45) is 12.3. The van der Waals surface area contributed by atoms with Crippen LogP contribution in [0.5, 0.6) is 0 Å². The Morgan fingerprint density at radius 1 is 0.186 bits per heavy atom. The van der Waals surface area contributed by atoms with Gasteiger partial charge in [-0.25, -0.2) is 28.2 Å². The SMILES string of the molecule is C[n+]1cn(-c2ccc(-c3ccccc3-c3cc(-c4ccccc4-c4ccc(-n5c[n+](C)c6ccccc65)cc4)cc(-c4cccc(-c5cc(-c6ccccc6-c6ccc(-n7c[n+](C)c8ccccc87)cc6)cc(-c6ccccc6-c6ccc(-n7c[n+](C)c8ccccc87)cc6)c5)c4-c4ccc(-c5ncccn5)cc4)c3)cc2)c2ccccc21. The van der Waals surface area contributed by atoms with Crippen LogP contribution in [-0.2, 0) is 28.2 Å². The molecule has 0 aliphatic heterocycles. The molecule has 0 N–H and O–H groups in total. The molecule has 0 amide bonds. The quantitative estimate of drug-likeness (QED) is 0.0905. The Hall–Kier alpha value is -15.5. The molecule has 5 heterocycles. The molecule has 21 aromatic rings. The second-order valence-electron chi connectivity index (χ2n) is 30.7. The van der Waals surface area contributed by atoms with Crippen LogP contribution in [0, 0.1) is 0 Å². The van der Waals surface area contributed by atoms with E-state index < -0.39 is 0 Å². The molecule has 0 bridgehead atoms. The number of aromatic nitrogens is 10. The molecule has 558 valence electrons. The van der Waals surface area contributed by atoms with E-state index in [1.807, 2.05) is 18.5 Å². The Bertz CT molecular complexity index is 6660. The first-order valence-corrected chi connectivity index (χ1v) is 40.1. The van der Waals surface area contributed by atoms with E-state index in [0.717, 1.165) is 173 Å². The van der Waals surface area contributed by atoms with Gasteiger partial charge >= 0.3 is 0 Å². The van der Waals surface area contributed by atoms with Crippen LogP contribution in [0.3, 0.4) is 0 Å². The lowest BCUT2D eigenvalue weighted by Gasteiger charge is -2.21. The van der Waals surface area contributed by atoms with Gasteiger partial charge < -0.3 is 0 Å². The summed E-state index contributed by atoms with van der Waals surface area (Å²) >= 11 is 0. The van der Waals surface area contributed by atoms with E-state index in [1.165, 1.54) is 22.1 Å². The number of aryl methyl sites for hydroxylation is 4. The third-order valence-corrected chi connectivity index (χ3v) is 23.6. The summed E-state index contributed by atoms with van der Waals surface area (Å²) in [5.41, 5.74) is 38.9. The fourth-order valence-corrected chi connectivity index (χ4v) is 17.8. The van der Waals surface area contributed by atoms with Crippen LogP contribution in [0.15, 0.2) is 414 Å². The second kappa shape index (κ2) is 29.5. The van der Waals surface area contributed by atoms with Crippen molar-refractivity contribution in [3.05, 3.63) is 414 Å². The van der Waals surface area contributed by atoms with Crippen LogP contribution in [0.25, 0.3) is 201 Å². The van der Waals surface area contributed by atoms with E-state index in [-0.39, 0.29) is 0 Å². The second-order valence-corrected chi connectivity index (χ2v) is 30.7. The van der Waals surface area contributed by atoms with Gasteiger partial charge in [-0.1, -0.05) is 237 Å². The first-order valence-electron chi connectivity index (χ1n) is 40.1. The fourth-order valence-electron chi connectivity index (χ4n) is 17.8. The van der Waals surface area contributed by atoms with E-state index in [4.69, 9.17) is 9.97 Å². The predicted octanol–water partition coefficient (Wildman–Crippen LogP) is 23.6. The van der Waals surface area contributed by atoms with Crippen LogP contribution in [0.4, 0.5) is 0 Å². The maximum Gasteiger partial charge on any atom is 0.249 e. The van der Waals surface area contributed by atoms with E-state index in [1.54, 1.807) is 0 Å². The lowest BCUT2D eigenvalue weighted by molar-refractivity contribution is -0.645. The van der Waals surface area contributed by atoms with Gasteiger partial charge in [0.1, 0.15) is 22.7 Å². The van der Waals surface area contributed by atoms with Gasteiger partial charge in [-0.2, -0.15) is 18.3 Å². The average molecular weight is 1520 g/mol. The number of para-hydroxylation sites is 8. The van der Waals surface area contributed by atoms with Crippen molar-refractivity contribution in [2.45, 2.75) is 0 Å². The first-order chi connectivity index (χ1) is 58.1. The largest absolute Gasteiger partial charge is 0.249 e. The van der Waals surface area contributed by atoms with Crippen molar-refractivity contribution in [1.82, 2.24) is 28.2 Å². The molecule has 0 radical (unpaired) electrons. The number of fused-ring (bicyclic) bond motifs is 4. The lowest BCUT2D eigenvalue weighted by Crippen LogP contribution is -2.25. The molecule has 0 unspecified atom stereocenters. The van der Waals surface area contributed by atoms with Gasteiger partial charge in [0, 0.05) is 18.0 Å². The van der Waals surface area contributed by atoms with Crippen LogP contribution < -0.4 is 18.3 Å². The highest BCUT2D eigenvalue weighted by molar-refractivity contribution is 6.01. The molecule has 0 saturated heterocycles. The zero-order chi connectivity index (χ0) is 78.9. The van der Waals surface area contributed by atoms with Crippen molar-refractivity contribution in [2.75, 3.05) is 0 Å². The lowest BCUT2D eigenvalue weighted by atomic mass is 9.82. The predicted molar refractivity (Wildman–Crippen MR) is 479 cm³/mol. The maximum atomic E-state index is 4.75. The molecule has 0 aliphatic rings. The highest BCUT2D eigenvalue weighted by Crippen LogP contribution is 2.48. The summed E-state index contributed by atoms with van der Waals surface area (Å²) in [6.45, 7) is 0. The number of nitrogens with zero attached hydrogens (tertiary/aromatic N) is 10. The Morgan fingerprint density at radius 3 is 0.669 bits per heavy atom. The van der Waals surface area contributed by atoms with Gasteiger partial charge in [-0.05, 0) is 262 Å². The third-order valence-electron chi connectivity index (χ3n) is 23.6. The van der Waals surface area contributed by atoms with Crippen molar-refractivity contribution in [3.8, 4) is 157 Å².